The summed E-state index contributed by atoms with van der Waals surface area (Å²) in [5, 5.41) is 3.81. The first-order valence-electron chi connectivity index (χ1n) is 2.93. The summed E-state index contributed by atoms with van der Waals surface area (Å²) in [7, 11) is 0. The highest BCUT2D eigenvalue weighted by Gasteiger charge is 2.09. The van der Waals surface area contributed by atoms with E-state index in [1.54, 1.807) is 6.61 Å². The van der Waals surface area contributed by atoms with Crippen molar-refractivity contribution in [1.29, 1.82) is 0 Å². The van der Waals surface area contributed by atoms with E-state index >= 15 is 0 Å². The third kappa shape index (κ3) is 1.22. The molecule has 2 heteroatoms. The Bertz CT molecular complexity index is 92.7. The molecule has 2 nitrogen and oxygen atoms in total. The van der Waals surface area contributed by atoms with Crippen molar-refractivity contribution in [3.63, 3.8) is 0 Å². The Morgan fingerprint density at radius 3 is 2.75 bits per heavy atom. The summed E-state index contributed by atoms with van der Waals surface area (Å²) >= 11 is 0. The second-order valence-electron chi connectivity index (χ2n) is 1.85. The largest absolute Gasteiger partial charge is 0.389 e. The molecule has 0 saturated heterocycles. The average molecular weight is 112 g/mol. The number of oxime groups is 1. The van der Waals surface area contributed by atoms with Gasteiger partial charge >= 0.3 is 0 Å². The molecule has 0 unspecified atom stereocenters. The fourth-order valence-corrected chi connectivity index (χ4v) is 0.553. The van der Waals surface area contributed by atoms with Crippen LogP contribution in [0.1, 0.15) is 26.2 Å². The average Bonchev–Trinajstić information content (AvgIpc) is 1.63. The third-order valence-electron chi connectivity index (χ3n) is 1.22. The Kier molecular flexibility index (Phi) is 1.89. The van der Waals surface area contributed by atoms with Crippen molar-refractivity contribution < 1.29 is 4.84 Å². The van der Waals surface area contributed by atoms with Gasteiger partial charge in [0.25, 0.3) is 0 Å². The molecule has 0 heterocycles. The SMILES string of the molecule is C[CH]ON=C1CCC1. The van der Waals surface area contributed by atoms with Crippen LogP contribution in [0.15, 0.2) is 5.16 Å². The molecule has 1 aliphatic rings. The van der Waals surface area contributed by atoms with Gasteiger partial charge in [0, 0.05) is 0 Å². The maximum absolute atomic E-state index is 4.70. The minimum absolute atomic E-state index is 1.13. The molecule has 1 fully saturated rings. The Hall–Kier alpha value is -0.530. The lowest BCUT2D eigenvalue weighted by Gasteiger charge is -2.12. The quantitative estimate of drug-likeness (QED) is 0.498. The molecule has 1 saturated carbocycles. The topological polar surface area (TPSA) is 21.6 Å². The van der Waals surface area contributed by atoms with E-state index in [2.05, 4.69) is 5.16 Å². The van der Waals surface area contributed by atoms with Crippen LogP contribution in [0.3, 0.4) is 0 Å². The first-order chi connectivity index (χ1) is 3.93. The van der Waals surface area contributed by atoms with Gasteiger partial charge in [-0.2, -0.15) is 0 Å². The van der Waals surface area contributed by atoms with E-state index in [9.17, 15) is 0 Å². The maximum Gasteiger partial charge on any atom is 0.163 e. The van der Waals surface area contributed by atoms with Gasteiger partial charge in [-0.05, 0) is 26.2 Å². The Morgan fingerprint density at radius 2 is 2.38 bits per heavy atom. The zero-order chi connectivity index (χ0) is 5.82. The molecule has 0 N–H and O–H groups in total. The Balaban J connectivity index is 2.11. The fourth-order valence-electron chi connectivity index (χ4n) is 0.553. The summed E-state index contributed by atoms with van der Waals surface area (Å²) < 4.78 is 0. The van der Waals surface area contributed by atoms with Crippen molar-refractivity contribution in [3.8, 4) is 0 Å². The molecule has 1 aliphatic carbocycles. The molecule has 1 radical (unpaired) electrons. The van der Waals surface area contributed by atoms with Crippen LogP contribution in [-0.4, -0.2) is 5.71 Å². The minimum atomic E-state index is 1.13. The first kappa shape index (κ1) is 5.60. The summed E-state index contributed by atoms with van der Waals surface area (Å²) in [6, 6.07) is 0. The number of hydrogen-bond donors (Lipinski definition) is 0. The third-order valence-corrected chi connectivity index (χ3v) is 1.22. The molecule has 8 heavy (non-hydrogen) atoms. The lowest BCUT2D eigenvalue weighted by atomic mass is 9.98. The number of rotatable bonds is 2. The normalized spacial score (nSPS) is 17.4. The standard InChI is InChI=1S/C6H10NO/c1-2-8-7-6-4-3-5-6/h2H,3-5H2,1H3. The van der Waals surface area contributed by atoms with Crippen LogP contribution in [0, 0.1) is 6.61 Å². The molecule has 1 rings (SSSR count). The van der Waals surface area contributed by atoms with Crippen molar-refractivity contribution >= 4 is 5.71 Å². The van der Waals surface area contributed by atoms with Crippen LogP contribution < -0.4 is 0 Å². The predicted octanol–water partition coefficient (Wildman–Crippen LogP) is 1.72. The number of hydrogen-bond acceptors (Lipinski definition) is 2. The molecule has 0 bridgehead atoms. The highest BCUT2D eigenvalue weighted by Crippen LogP contribution is 2.14. The van der Waals surface area contributed by atoms with E-state index in [1.807, 2.05) is 6.92 Å². The van der Waals surface area contributed by atoms with Gasteiger partial charge in [-0.3, -0.25) is 0 Å². The van der Waals surface area contributed by atoms with Gasteiger partial charge in [-0.15, -0.1) is 0 Å². The molecular formula is C6H10NO. The lowest BCUT2D eigenvalue weighted by molar-refractivity contribution is 0.215. The molecule has 0 aromatic carbocycles. The van der Waals surface area contributed by atoms with Crippen molar-refractivity contribution in [3.05, 3.63) is 6.61 Å². The van der Waals surface area contributed by atoms with E-state index in [4.69, 9.17) is 4.84 Å². The molecule has 0 spiro atoms. The molecule has 0 atom stereocenters. The van der Waals surface area contributed by atoms with E-state index in [1.165, 1.54) is 12.1 Å². The monoisotopic (exact) mass is 112 g/mol. The molecule has 0 aromatic rings. The Labute approximate surface area is 49.5 Å². The van der Waals surface area contributed by atoms with E-state index in [0.29, 0.717) is 0 Å². The van der Waals surface area contributed by atoms with Crippen molar-refractivity contribution in [2.45, 2.75) is 26.2 Å². The molecular weight excluding hydrogens is 102 g/mol. The van der Waals surface area contributed by atoms with Crippen LogP contribution in [0.4, 0.5) is 0 Å². The molecule has 0 aromatic heterocycles. The first-order valence-corrected chi connectivity index (χ1v) is 2.93. The predicted molar refractivity (Wildman–Crippen MR) is 32.3 cm³/mol. The van der Waals surface area contributed by atoms with Crippen molar-refractivity contribution in [1.82, 2.24) is 0 Å². The second kappa shape index (κ2) is 2.70. The summed E-state index contributed by atoms with van der Waals surface area (Å²) in [4.78, 5) is 4.70. The molecule has 0 aliphatic heterocycles. The zero-order valence-corrected chi connectivity index (χ0v) is 5.05. The van der Waals surface area contributed by atoms with Gasteiger partial charge in [0.05, 0.1) is 5.71 Å². The summed E-state index contributed by atoms with van der Waals surface area (Å²) in [5.74, 6) is 0. The summed E-state index contributed by atoms with van der Waals surface area (Å²) in [6.07, 6.45) is 3.55. The van der Waals surface area contributed by atoms with Crippen molar-refractivity contribution in [2.75, 3.05) is 0 Å². The summed E-state index contributed by atoms with van der Waals surface area (Å²) in [6.45, 7) is 3.41. The summed E-state index contributed by atoms with van der Waals surface area (Å²) in [5.41, 5.74) is 1.20. The van der Waals surface area contributed by atoms with Gasteiger partial charge in [0.1, 0.15) is 0 Å². The van der Waals surface area contributed by atoms with Crippen LogP contribution in [0.2, 0.25) is 0 Å². The Morgan fingerprint density at radius 1 is 1.62 bits per heavy atom. The lowest BCUT2D eigenvalue weighted by Crippen LogP contribution is -2.09. The molecule has 0 amide bonds. The second-order valence-corrected chi connectivity index (χ2v) is 1.85. The molecule has 45 valence electrons. The van der Waals surface area contributed by atoms with Gasteiger partial charge in [-0.25, -0.2) is 0 Å². The van der Waals surface area contributed by atoms with Gasteiger partial charge in [-0.1, -0.05) is 5.16 Å². The smallest absolute Gasteiger partial charge is 0.163 e. The minimum Gasteiger partial charge on any atom is -0.389 e. The van der Waals surface area contributed by atoms with E-state index < -0.39 is 0 Å². The van der Waals surface area contributed by atoms with Crippen molar-refractivity contribution in [2.24, 2.45) is 5.16 Å². The highest BCUT2D eigenvalue weighted by molar-refractivity contribution is 5.88. The van der Waals surface area contributed by atoms with Gasteiger partial charge in [0.15, 0.2) is 6.61 Å². The maximum atomic E-state index is 4.70. The number of nitrogens with zero attached hydrogens (tertiary/aromatic N) is 1. The zero-order valence-electron chi connectivity index (χ0n) is 5.05. The van der Waals surface area contributed by atoms with Crippen LogP contribution in [0.25, 0.3) is 0 Å². The highest BCUT2D eigenvalue weighted by atomic mass is 16.6. The van der Waals surface area contributed by atoms with Crippen LogP contribution >= 0.6 is 0 Å². The van der Waals surface area contributed by atoms with E-state index in [0.717, 1.165) is 12.8 Å². The van der Waals surface area contributed by atoms with Crippen LogP contribution in [0.5, 0.6) is 0 Å². The van der Waals surface area contributed by atoms with Crippen LogP contribution in [-0.2, 0) is 4.84 Å². The van der Waals surface area contributed by atoms with Gasteiger partial charge in [0.2, 0.25) is 0 Å². The van der Waals surface area contributed by atoms with Gasteiger partial charge < -0.3 is 4.84 Å². The fraction of sp³-hybridized carbons (Fsp3) is 0.667. The van der Waals surface area contributed by atoms with E-state index in [-0.39, 0.29) is 0 Å².